The molecule has 0 saturated heterocycles. The Kier molecular flexibility index (Phi) is 5.67. The van der Waals surface area contributed by atoms with E-state index in [4.69, 9.17) is 10.4 Å². The van der Waals surface area contributed by atoms with Crippen LogP contribution in [0.3, 0.4) is 0 Å². The van der Waals surface area contributed by atoms with Crippen LogP contribution in [0.5, 0.6) is 0 Å². The molecule has 0 saturated carbocycles. The van der Waals surface area contributed by atoms with Gasteiger partial charge in [0.15, 0.2) is 0 Å². The van der Waals surface area contributed by atoms with Crippen molar-refractivity contribution in [3.05, 3.63) is 29.8 Å². The fraction of sp³-hybridized carbons (Fsp3) is 0.385. The highest BCUT2D eigenvalue weighted by Crippen LogP contribution is 2.12. The van der Waals surface area contributed by atoms with Gasteiger partial charge in [-0.15, -0.1) is 0 Å². The molecule has 1 rings (SSSR count). The molecule has 0 fully saturated rings. The maximum absolute atomic E-state index is 12.0. The summed E-state index contributed by atoms with van der Waals surface area (Å²) in [6.45, 7) is 1.68. The predicted molar refractivity (Wildman–Crippen MR) is 72.4 cm³/mol. The molecule has 0 bridgehead atoms. The van der Waals surface area contributed by atoms with Crippen LogP contribution in [0.1, 0.15) is 31.7 Å². The van der Waals surface area contributed by atoms with Crippen LogP contribution in [0.25, 0.3) is 0 Å². The summed E-state index contributed by atoms with van der Waals surface area (Å²) >= 11 is 0. The summed E-state index contributed by atoms with van der Waals surface area (Å²) in [5.74, 6) is -0.896. The minimum Gasteiger partial charge on any atom is -0.481 e. The summed E-state index contributed by atoms with van der Waals surface area (Å²) < 4.78 is 26.5. The fourth-order valence-corrected chi connectivity index (χ4v) is 2.94. The normalized spacial score (nSPS) is 12.6. The van der Waals surface area contributed by atoms with Crippen LogP contribution in [-0.2, 0) is 14.8 Å². The first-order valence-electron chi connectivity index (χ1n) is 6.09. The zero-order chi connectivity index (χ0) is 15.2. The van der Waals surface area contributed by atoms with Gasteiger partial charge in [-0.1, -0.05) is 0 Å². The van der Waals surface area contributed by atoms with Crippen molar-refractivity contribution in [3.8, 4) is 6.07 Å². The number of rotatable bonds is 7. The van der Waals surface area contributed by atoms with E-state index in [1.54, 1.807) is 6.92 Å². The third-order valence-corrected chi connectivity index (χ3v) is 4.28. The van der Waals surface area contributed by atoms with Gasteiger partial charge in [0.05, 0.1) is 16.5 Å². The molecule has 0 spiro atoms. The molecule has 0 aromatic heterocycles. The minimum atomic E-state index is -3.64. The van der Waals surface area contributed by atoms with E-state index in [2.05, 4.69) is 4.72 Å². The SMILES string of the molecule is CC(CCCC(=O)O)NS(=O)(=O)c1ccc(C#N)cc1. The molecule has 0 aliphatic heterocycles. The van der Waals surface area contributed by atoms with Crippen LogP contribution >= 0.6 is 0 Å². The first-order valence-corrected chi connectivity index (χ1v) is 7.58. The lowest BCUT2D eigenvalue weighted by Crippen LogP contribution is -2.32. The van der Waals surface area contributed by atoms with Crippen LogP contribution in [0.4, 0.5) is 0 Å². The summed E-state index contributed by atoms with van der Waals surface area (Å²) in [4.78, 5) is 10.5. The van der Waals surface area contributed by atoms with Crippen molar-refractivity contribution >= 4 is 16.0 Å². The number of nitrogens with zero attached hydrogens (tertiary/aromatic N) is 1. The molecule has 7 heteroatoms. The second kappa shape index (κ2) is 7.03. The zero-order valence-electron chi connectivity index (χ0n) is 11.0. The molecule has 108 valence electrons. The van der Waals surface area contributed by atoms with Gasteiger partial charge in [0.2, 0.25) is 10.0 Å². The van der Waals surface area contributed by atoms with E-state index in [1.807, 2.05) is 6.07 Å². The number of benzene rings is 1. The van der Waals surface area contributed by atoms with Crippen molar-refractivity contribution in [2.45, 2.75) is 37.1 Å². The van der Waals surface area contributed by atoms with E-state index in [0.29, 0.717) is 18.4 Å². The van der Waals surface area contributed by atoms with Gasteiger partial charge in [-0.05, 0) is 44.0 Å². The lowest BCUT2D eigenvalue weighted by molar-refractivity contribution is -0.137. The monoisotopic (exact) mass is 296 g/mol. The molecule has 0 aliphatic rings. The van der Waals surface area contributed by atoms with Gasteiger partial charge in [0.1, 0.15) is 0 Å². The molecule has 6 nitrogen and oxygen atoms in total. The van der Waals surface area contributed by atoms with E-state index in [1.165, 1.54) is 24.3 Å². The fourth-order valence-electron chi connectivity index (χ4n) is 1.66. The zero-order valence-corrected chi connectivity index (χ0v) is 11.9. The summed E-state index contributed by atoms with van der Waals surface area (Å²) in [6, 6.07) is 7.16. The maximum atomic E-state index is 12.0. The number of carbonyl (C=O) groups is 1. The number of carboxylic acids is 1. The molecular weight excluding hydrogens is 280 g/mol. The first-order chi connectivity index (χ1) is 9.35. The molecule has 2 N–H and O–H groups in total. The molecular formula is C13H16N2O4S. The van der Waals surface area contributed by atoms with Crippen molar-refractivity contribution < 1.29 is 18.3 Å². The number of nitriles is 1. The smallest absolute Gasteiger partial charge is 0.303 e. The molecule has 0 aliphatic carbocycles. The number of carboxylic acid groups (broad SMARTS) is 1. The Labute approximate surface area is 118 Å². The molecule has 1 aromatic rings. The van der Waals surface area contributed by atoms with Crippen LogP contribution in [0.15, 0.2) is 29.2 Å². The van der Waals surface area contributed by atoms with Crippen molar-refractivity contribution in [3.63, 3.8) is 0 Å². The Morgan fingerprint density at radius 2 is 2.00 bits per heavy atom. The lowest BCUT2D eigenvalue weighted by Gasteiger charge is -2.13. The van der Waals surface area contributed by atoms with Crippen molar-refractivity contribution in [2.24, 2.45) is 0 Å². The Balaban J connectivity index is 2.64. The Bertz CT molecular complexity index is 602. The van der Waals surface area contributed by atoms with Gasteiger partial charge in [-0.3, -0.25) is 4.79 Å². The standard InChI is InChI=1S/C13H16N2O4S/c1-10(3-2-4-13(16)17)15-20(18,19)12-7-5-11(9-14)6-8-12/h5-8,10,15H,2-4H2,1H3,(H,16,17). The number of nitrogens with one attached hydrogen (secondary N) is 1. The van der Waals surface area contributed by atoms with Gasteiger partial charge < -0.3 is 5.11 Å². The van der Waals surface area contributed by atoms with E-state index in [9.17, 15) is 13.2 Å². The summed E-state index contributed by atoms with van der Waals surface area (Å²) in [6.07, 6.45) is 0.872. The van der Waals surface area contributed by atoms with Gasteiger partial charge in [-0.2, -0.15) is 5.26 Å². The third kappa shape index (κ3) is 4.99. The maximum Gasteiger partial charge on any atom is 0.303 e. The van der Waals surface area contributed by atoms with Crippen LogP contribution in [-0.4, -0.2) is 25.5 Å². The first kappa shape index (κ1) is 16.1. The number of hydrogen-bond acceptors (Lipinski definition) is 4. The molecule has 20 heavy (non-hydrogen) atoms. The van der Waals surface area contributed by atoms with Gasteiger partial charge in [0.25, 0.3) is 0 Å². The predicted octanol–water partition coefficient (Wildman–Crippen LogP) is 1.48. The molecule has 0 amide bonds. The van der Waals surface area contributed by atoms with E-state index >= 15 is 0 Å². The largest absolute Gasteiger partial charge is 0.481 e. The topological polar surface area (TPSA) is 107 Å². The number of sulfonamides is 1. The number of aliphatic carboxylic acids is 1. The summed E-state index contributed by atoms with van der Waals surface area (Å²) in [7, 11) is -3.64. The third-order valence-electron chi connectivity index (χ3n) is 2.68. The van der Waals surface area contributed by atoms with Crippen LogP contribution in [0.2, 0.25) is 0 Å². The molecule has 1 unspecified atom stereocenters. The molecule has 1 atom stereocenters. The highest BCUT2D eigenvalue weighted by Gasteiger charge is 2.17. The van der Waals surface area contributed by atoms with Gasteiger partial charge >= 0.3 is 5.97 Å². The van der Waals surface area contributed by atoms with Crippen LogP contribution in [0, 0.1) is 11.3 Å². The second-order valence-corrected chi connectivity index (χ2v) is 6.16. The summed E-state index contributed by atoms with van der Waals surface area (Å²) in [5, 5.41) is 17.2. The van der Waals surface area contributed by atoms with E-state index in [-0.39, 0.29) is 17.4 Å². The highest BCUT2D eigenvalue weighted by atomic mass is 32.2. The molecule has 1 aromatic carbocycles. The molecule has 0 heterocycles. The summed E-state index contributed by atoms with van der Waals surface area (Å²) in [5.41, 5.74) is 0.387. The Morgan fingerprint density at radius 1 is 1.40 bits per heavy atom. The quantitative estimate of drug-likeness (QED) is 0.792. The average Bonchev–Trinajstić information content (AvgIpc) is 2.37. The second-order valence-electron chi connectivity index (χ2n) is 4.44. The van der Waals surface area contributed by atoms with E-state index in [0.717, 1.165) is 0 Å². The van der Waals surface area contributed by atoms with Crippen molar-refractivity contribution in [2.75, 3.05) is 0 Å². The average molecular weight is 296 g/mol. The minimum absolute atomic E-state index is 0.0168. The lowest BCUT2D eigenvalue weighted by atomic mass is 10.1. The van der Waals surface area contributed by atoms with Crippen molar-refractivity contribution in [1.82, 2.24) is 4.72 Å². The van der Waals surface area contributed by atoms with Gasteiger partial charge in [0, 0.05) is 12.5 Å². The number of hydrogen-bond donors (Lipinski definition) is 2. The Hall–Kier alpha value is -1.91. The molecule has 0 radical (unpaired) electrons. The van der Waals surface area contributed by atoms with Gasteiger partial charge in [-0.25, -0.2) is 13.1 Å². The highest BCUT2D eigenvalue weighted by molar-refractivity contribution is 7.89. The van der Waals surface area contributed by atoms with E-state index < -0.39 is 16.0 Å². The Morgan fingerprint density at radius 3 is 2.50 bits per heavy atom. The van der Waals surface area contributed by atoms with Crippen LogP contribution < -0.4 is 4.72 Å². The van der Waals surface area contributed by atoms with Crippen molar-refractivity contribution in [1.29, 1.82) is 5.26 Å².